The summed E-state index contributed by atoms with van der Waals surface area (Å²) in [4.78, 5) is 4.31. The molecule has 0 amide bonds. The Kier molecular flexibility index (Phi) is 2.91. The van der Waals surface area contributed by atoms with Gasteiger partial charge in [-0.25, -0.2) is 4.98 Å². The summed E-state index contributed by atoms with van der Waals surface area (Å²) in [6.07, 6.45) is 0.794. The Morgan fingerprint density at radius 3 is 3.08 bits per heavy atom. The summed E-state index contributed by atoms with van der Waals surface area (Å²) in [5, 5.41) is 13.0. The van der Waals surface area contributed by atoms with E-state index >= 15 is 0 Å². The molecule has 1 aliphatic rings. The van der Waals surface area contributed by atoms with Crippen molar-refractivity contribution in [2.75, 3.05) is 11.5 Å². The van der Waals surface area contributed by atoms with Crippen LogP contribution in [0.25, 0.3) is 0 Å². The molecule has 72 valence electrons. The second-order valence-electron chi connectivity index (χ2n) is 3.36. The number of aromatic nitrogens is 1. The fourth-order valence-electron chi connectivity index (χ4n) is 1.56. The zero-order chi connectivity index (χ0) is 9.26. The summed E-state index contributed by atoms with van der Waals surface area (Å²) in [5.41, 5.74) is 0.870. The molecule has 2 nitrogen and oxygen atoms in total. The van der Waals surface area contributed by atoms with Gasteiger partial charge in [0.05, 0.1) is 10.7 Å². The maximum Gasteiger partial charge on any atom is 0.100 e. The van der Waals surface area contributed by atoms with Gasteiger partial charge in [-0.3, -0.25) is 0 Å². The molecule has 0 aliphatic carbocycles. The molecule has 2 heterocycles. The lowest BCUT2D eigenvalue weighted by Gasteiger charge is -2.14. The molecule has 4 heteroatoms. The molecule has 1 N–H and O–H groups in total. The zero-order valence-electron chi connectivity index (χ0n) is 7.56. The highest BCUT2D eigenvalue weighted by atomic mass is 32.2. The Balaban J connectivity index is 2.07. The van der Waals surface area contributed by atoms with E-state index in [1.165, 1.54) is 5.75 Å². The van der Waals surface area contributed by atoms with Crippen molar-refractivity contribution in [3.05, 3.63) is 16.1 Å². The number of aliphatic hydroxyl groups is 1. The van der Waals surface area contributed by atoms with Gasteiger partial charge in [-0.2, -0.15) is 11.8 Å². The Bertz CT molecular complexity index is 281. The lowest BCUT2D eigenvalue weighted by molar-refractivity contribution is 0.117. The van der Waals surface area contributed by atoms with Crippen LogP contribution in [0.4, 0.5) is 0 Å². The van der Waals surface area contributed by atoms with E-state index in [0.717, 1.165) is 22.9 Å². The molecule has 0 saturated carbocycles. The van der Waals surface area contributed by atoms with E-state index in [-0.39, 0.29) is 6.10 Å². The van der Waals surface area contributed by atoms with Gasteiger partial charge in [0.25, 0.3) is 0 Å². The zero-order valence-corrected chi connectivity index (χ0v) is 9.20. The molecule has 0 aromatic carbocycles. The third-order valence-electron chi connectivity index (χ3n) is 2.35. The molecule has 1 saturated heterocycles. The topological polar surface area (TPSA) is 33.1 Å². The molecular weight excluding hydrogens is 202 g/mol. The Hall–Kier alpha value is -0.0600. The SMILES string of the molecule is Cc1nc(C(O)C2CCSC2)cs1. The van der Waals surface area contributed by atoms with Crippen molar-refractivity contribution in [1.82, 2.24) is 4.98 Å². The van der Waals surface area contributed by atoms with E-state index in [9.17, 15) is 5.11 Å². The molecule has 1 aliphatic heterocycles. The summed E-state index contributed by atoms with van der Waals surface area (Å²) in [6, 6.07) is 0. The van der Waals surface area contributed by atoms with Gasteiger partial charge in [0.2, 0.25) is 0 Å². The Labute approximate surface area is 86.4 Å². The number of rotatable bonds is 2. The van der Waals surface area contributed by atoms with Crippen LogP contribution in [0.3, 0.4) is 0 Å². The average Bonchev–Trinajstić information content (AvgIpc) is 2.72. The maximum absolute atomic E-state index is 9.96. The van der Waals surface area contributed by atoms with Crippen LogP contribution in [0.15, 0.2) is 5.38 Å². The van der Waals surface area contributed by atoms with Crippen molar-refractivity contribution >= 4 is 23.1 Å². The molecule has 2 rings (SSSR count). The standard InChI is InChI=1S/C9H13NOS2/c1-6-10-8(5-13-6)9(11)7-2-3-12-4-7/h5,7,9,11H,2-4H2,1H3. The van der Waals surface area contributed by atoms with Crippen molar-refractivity contribution in [1.29, 1.82) is 0 Å². The second kappa shape index (κ2) is 3.98. The van der Waals surface area contributed by atoms with Crippen LogP contribution in [-0.2, 0) is 0 Å². The number of hydrogen-bond acceptors (Lipinski definition) is 4. The normalized spacial score (nSPS) is 24.9. The quantitative estimate of drug-likeness (QED) is 0.821. The number of aryl methyl sites for hydroxylation is 1. The van der Waals surface area contributed by atoms with Crippen LogP contribution in [0.1, 0.15) is 23.2 Å². The van der Waals surface area contributed by atoms with E-state index in [1.54, 1.807) is 11.3 Å². The summed E-state index contributed by atoms with van der Waals surface area (Å²) >= 11 is 3.54. The molecular formula is C9H13NOS2. The number of thioether (sulfide) groups is 1. The first-order valence-electron chi connectivity index (χ1n) is 4.45. The molecule has 0 radical (unpaired) electrons. The van der Waals surface area contributed by atoms with Crippen LogP contribution in [0.2, 0.25) is 0 Å². The van der Waals surface area contributed by atoms with Crippen LogP contribution in [0.5, 0.6) is 0 Å². The van der Waals surface area contributed by atoms with E-state index in [2.05, 4.69) is 4.98 Å². The summed E-state index contributed by atoms with van der Waals surface area (Å²) in [7, 11) is 0. The predicted molar refractivity (Wildman–Crippen MR) is 57.2 cm³/mol. The smallest absolute Gasteiger partial charge is 0.100 e. The maximum atomic E-state index is 9.96. The van der Waals surface area contributed by atoms with E-state index in [1.807, 2.05) is 24.1 Å². The van der Waals surface area contributed by atoms with Gasteiger partial charge in [-0.05, 0) is 24.9 Å². The lowest BCUT2D eigenvalue weighted by Crippen LogP contribution is -2.11. The Morgan fingerprint density at radius 1 is 1.69 bits per heavy atom. The first-order valence-corrected chi connectivity index (χ1v) is 6.48. The van der Waals surface area contributed by atoms with E-state index < -0.39 is 0 Å². The van der Waals surface area contributed by atoms with Gasteiger partial charge in [0.15, 0.2) is 0 Å². The minimum Gasteiger partial charge on any atom is -0.386 e. The van der Waals surface area contributed by atoms with Crippen LogP contribution < -0.4 is 0 Å². The molecule has 0 bridgehead atoms. The highest BCUT2D eigenvalue weighted by Crippen LogP contribution is 2.34. The molecule has 0 spiro atoms. The minimum atomic E-state index is -0.333. The van der Waals surface area contributed by atoms with Crippen molar-refractivity contribution in [2.24, 2.45) is 5.92 Å². The summed E-state index contributed by atoms with van der Waals surface area (Å²) < 4.78 is 0. The second-order valence-corrected chi connectivity index (χ2v) is 5.57. The fraction of sp³-hybridized carbons (Fsp3) is 0.667. The summed E-state index contributed by atoms with van der Waals surface area (Å²) in [5.74, 6) is 2.69. The number of nitrogens with zero attached hydrogens (tertiary/aromatic N) is 1. The monoisotopic (exact) mass is 215 g/mol. The molecule has 2 atom stereocenters. The third kappa shape index (κ3) is 2.06. The van der Waals surface area contributed by atoms with E-state index in [0.29, 0.717) is 5.92 Å². The van der Waals surface area contributed by atoms with Crippen LogP contribution in [0, 0.1) is 12.8 Å². The van der Waals surface area contributed by atoms with Crippen molar-refractivity contribution in [3.63, 3.8) is 0 Å². The summed E-state index contributed by atoms with van der Waals surface area (Å²) in [6.45, 7) is 1.98. The number of thiazole rings is 1. The molecule has 1 aromatic rings. The van der Waals surface area contributed by atoms with Gasteiger partial charge in [-0.15, -0.1) is 11.3 Å². The van der Waals surface area contributed by atoms with Gasteiger partial charge in [0.1, 0.15) is 6.10 Å². The largest absolute Gasteiger partial charge is 0.386 e. The third-order valence-corrected chi connectivity index (χ3v) is 4.33. The van der Waals surface area contributed by atoms with Crippen LogP contribution >= 0.6 is 23.1 Å². The first-order chi connectivity index (χ1) is 6.27. The molecule has 2 unspecified atom stereocenters. The highest BCUT2D eigenvalue weighted by Gasteiger charge is 2.26. The fourth-order valence-corrected chi connectivity index (χ4v) is 3.49. The van der Waals surface area contributed by atoms with E-state index in [4.69, 9.17) is 0 Å². The van der Waals surface area contributed by atoms with Crippen molar-refractivity contribution < 1.29 is 5.11 Å². The van der Waals surface area contributed by atoms with Gasteiger partial charge in [0, 0.05) is 11.3 Å². The minimum absolute atomic E-state index is 0.333. The molecule has 1 aromatic heterocycles. The predicted octanol–water partition coefficient (Wildman–Crippen LogP) is 2.24. The van der Waals surface area contributed by atoms with Crippen molar-refractivity contribution in [3.8, 4) is 0 Å². The molecule has 13 heavy (non-hydrogen) atoms. The van der Waals surface area contributed by atoms with Gasteiger partial charge < -0.3 is 5.11 Å². The Morgan fingerprint density at radius 2 is 2.54 bits per heavy atom. The molecule has 1 fully saturated rings. The lowest BCUT2D eigenvalue weighted by atomic mass is 10.0. The first kappa shape index (κ1) is 9.49. The van der Waals surface area contributed by atoms with Crippen LogP contribution in [-0.4, -0.2) is 21.6 Å². The van der Waals surface area contributed by atoms with Crippen molar-refractivity contribution in [2.45, 2.75) is 19.4 Å². The van der Waals surface area contributed by atoms with Gasteiger partial charge in [-0.1, -0.05) is 0 Å². The number of hydrogen-bond donors (Lipinski definition) is 1. The average molecular weight is 215 g/mol. The van der Waals surface area contributed by atoms with Gasteiger partial charge >= 0.3 is 0 Å². The highest BCUT2D eigenvalue weighted by molar-refractivity contribution is 7.99. The number of aliphatic hydroxyl groups excluding tert-OH is 1.